The quantitative estimate of drug-likeness (QED) is 0.555. The van der Waals surface area contributed by atoms with Gasteiger partial charge in [-0.05, 0) is 79.7 Å². The van der Waals surface area contributed by atoms with Crippen LogP contribution in [0, 0.1) is 34.9 Å². The van der Waals surface area contributed by atoms with Gasteiger partial charge in [0, 0.05) is 32.8 Å². The van der Waals surface area contributed by atoms with Crippen LogP contribution in [-0.2, 0) is 4.74 Å². The molecule has 4 fully saturated rings. The van der Waals surface area contributed by atoms with Crippen molar-refractivity contribution in [2.45, 2.75) is 56.8 Å². The first-order chi connectivity index (χ1) is 17.6. The molecule has 4 aliphatic rings. The van der Waals surface area contributed by atoms with Gasteiger partial charge in [-0.3, -0.25) is 4.90 Å². The summed E-state index contributed by atoms with van der Waals surface area (Å²) in [6.45, 7) is -0.219. The van der Waals surface area contributed by atoms with Crippen LogP contribution in [0.2, 0.25) is 0 Å². The lowest BCUT2D eigenvalue weighted by Gasteiger charge is -2.58. The summed E-state index contributed by atoms with van der Waals surface area (Å²) in [6.07, 6.45) is 0.692. The van der Waals surface area contributed by atoms with Gasteiger partial charge in [0.1, 0.15) is 5.82 Å². The number of likely N-dealkylation sites (tertiary alicyclic amines) is 2. The van der Waals surface area contributed by atoms with Gasteiger partial charge in [0.2, 0.25) is 0 Å². The van der Waals surface area contributed by atoms with Gasteiger partial charge >= 0.3 is 12.2 Å². The maximum Gasteiger partial charge on any atom is 0.401 e. The van der Waals surface area contributed by atoms with Crippen LogP contribution in [0.25, 0.3) is 0 Å². The second-order valence-corrected chi connectivity index (χ2v) is 11.5. The topological polar surface area (TPSA) is 65.0 Å². The van der Waals surface area contributed by atoms with Crippen LogP contribution in [0.1, 0.15) is 38.5 Å². The van der Waals surface area contributed by atoms with Crippen LogP contribution in [-0.4, -0.2) is 79.2 Å². The molecule has 206 valence electrons. The van der Waals surface area contributed by atoms with Crippen molar-refractivity contribution < 1.29 is 32.2 Å². The second-order valence-electron chi connectivity index (χ2n) is 11.5. The summed E-state index contributed by atoms with van der Waals surface area (Å²) in [5, 5.41) is 12.9. The van der Waals surface area contributed by atoms with Gasteiger partial charge in [-0.1, -0.05) is 12.1 Å². The van der Waals surface area contributed by atoms with Crippen molar-refractivity contribution in [3.63, 3.8) is 0 Å². The number of carbonyl (C=O) groups is 1. The number of amides is 2. The van der Waals surface area contributed by atoms with Crippen molar-refractivity contribution in [3.05, 3.63) is 30.1 Å². The van der Waals surface area contributed by atoms with Crippen LogP contribution in [0.15, 0.2) is 24.3 Å². The zero-order valence-corrected chi connectivity index (χ0v) is 21.2. The predicted molar refractivity (Wildman–Crippen MR) is 130 cm³/mol. The molecule has 10 heteroatoms. The number of nitrogens with zero attached hydrogens (tertiary/aromatic N) is 2. The van der Waals surface area contributed by atoms with E-state index in [1.165, 1.54) is 17.0 Å². The van der Waals surface area contributed by atoms with Gasteiger partial charge in [0.15, 0.2) is 0 Å². The molecule has 0 radical (unpaired) electrons. The highest BCUT2D eigenvalue weighted by Crippen LogP contribution is 2.62. The Morgan fingerprint density at radius 3 is 2.54 bits per heavy atom. The van der Waals surface area contributed by atoms with Crippen LogP contribution in [0.3, 0.4) is 0 Å². The lowest BCUT2D eigenvalue weighted by molar-refractivity contribution is -0.181. The Morgan fingerprint density at radius 2 is 1.89 bits per heavy atom. The fourth-order valence-electron chi connectivity index (χ4n) is 8.28. The molecule has 37 heavy (non-hydrogen) atoms. The number of alkyl halides is 3. The van der Waals surface area contributed by atoms with Crippen LogP contribution in [0.5, 0.6) is 0 Å². The number of hydrogen-bond donors (Lipinski definition) is 2. The minimum absolute atomic E-state index is 0.00880. The van der Waals surface area contributed by atoms with E-state index in [4.69, 9.17) is 4.74 Å². The Labute approximate surface area is 215 Å². The van der Waals surface area contributed by atoms with Crippen molar-refractivity contribution in [1.29, 1.82) is 0 Å². The average Bonchev–Trinajstić information content (AvgIpc) is 3.24. The number of methoxy groups -OCH3 is 1. The highest BCUT2D eigenvalue weighted by molar-refractivity contribution is 5.89. The van der Waals surface area contributed by atoms with Crippen LogP contribution in [0.4, 0.5) is 28.0 Å². The molecule has 0 aromatic heterocycles. The van der Waals surface area contributed by atoms with Crippen LogP contribution < -0.4 is 5.32 Å². The van der Waals surface area contributed by atoms with Crippen molar-refractivity contribution >= 4 is 11.7 Å². The van der Waals surface area contributed by atoms with E-state index in [-0.39, 0.29) is 42.2 Å². The Bertz CT molecular complexity index is 968. The first-order valence-corrected chi connectivity index (χ1v) is 13.4. The molecule has 5 rings (SSSR count). The Morgan fingerprint density at radius 1 is 1.16 bits per heavy atom. The molecule has 2 saturated heterocycles. The molecule has 1 aromatic carbocycles. The summed E-state index contributed by atoms with van der Waals surface area (Å²) in [6, 6.07) is 5.09. The lowest BCUT2D eigenvalue weighted by Crippen LogP contribution is -2.63. The molecule has 0 bridgehead atoms. The predicted octanol–water partition coefficient (Wildman–Crippen LogP) is 4.75. The number of halogens is 4. The summed E-state index contributed by atoms with van der Waals surface area (Å²) in [5.41, 5.74) is -0.239. The molecule has 2 saturated carbocycles. The van der Waals surface area contributed by atoms with E-state index in [0.29, 0.717) is 37.8 Å². The van der Waals surface area contributed by atoms with Gasteiger partial charge in [-0.25, -0.2) is 9.18 Å². The summed E-state index contributed by atoms with van der Waals surface area (Å²) >= 11 is 0. The number of rotatable bonds is 4. The molecule has 5 unspecified atom stereocenters. The fraction of sp³-hybridized carbons (Fsp3) is 0.741. The molecule has 2 aliphatic carbocycles. The van der Waals surface area contributed by atoms with Gasteiger partial charge in [0.25, 0.3) is 0 Å². The third kappa shape index (κ3) is 5.21. The SMILES string of the molecule is COC1CCC2C(C1)CC1C2C2(CCN(C(=O)Nc3ccccc3F)CC2)CN(CC(F)(F)F)[C@H]1CO. The van der Waals surface area contributed by atoms with Crippen molar-refractivity contribution in [2.24, 2.45) is 29.1 Å². The number of aliphatic hydroxyl groups is 1. The third-order valence-electron chi connectivity index (χ3n) is 9.74. The van der Waals surface area contributed by atoms with E-state index in [2.05, 4.69) is 5.32 Å². The highest BCUT2D eigenvalue weighted by atomic mass is 19.4. The molecule has 2 amide bonds. The van der Waals surface area contributed by atoms with E-state index in [1.807, 2.05) is 0 Å². The van der Waals surface area contributed by atoms with Crippen molar-refractivity contribution in [2.75, 3.05) is 45.2 Å². The number of benzene rings is 1. The highest BCUT2D eigenvalue weighted by Gasteiger charge is 2.61. The van der Waals surface area contributed by atoms with E-state index in [0.717, 1.165) is 25.7 Å². The van der Waals surface area contributed by atoms with Crippen LogP contribution >= 0.6 is 0 Å². The van der Waals surface area contributed by atoms with Crippen molar-refractivity contribution in [3.8, 4) is 0 Å². The Kier molecular flexibility index (Phi) is 7.46. The smallest absolute Gasteiger partial charge is 0.395 e. The van der Waals surface area contributed by atoms with E-state index in [9.17, 15) is 27.5 Å². The van der Waals surface area contributed by atoms with E-state index in [1.54, 1.807) is 24.1 Å². The lowest BCUT2D eigenvalue weighted by atomic mass is 9.57. The molecule has 6 nitrogen and oxygen atoms in total. The summed E-state index contributed by atoms with van der Waals surface area (Å²) in [4.78, 5) is 16.0. The number of hydrogen-bond acceptors (Lipinski definition) is 4. The Hall–Kier alpha value is -1.91. The number of nitrogens with one attached hydrogen (secondary N) is 1. The van der Waals surface area contributed by atoms with E-state index < -0.39 is 30.6 Å². The maximum absolute atomic E-state index is 14.0. The monoisotopic (exact) mass is 527 g/mol. The number of ether oxygens (including phenoxy) is 1. The number of carbonyl (C=O) groups excluding carboxylic acids is 1. The Balaban J connectivity index is 1.37. The first kappa shape index (κ1) is 26.7. The second kappa shape index (κ2) is 10.3. The fourth-order valence-corrected chi connectivity index (χ4v) is 8.28. The number of para-hydroxylation sites is 1. The standard InChI is InChI=1S/C27H37F4N3O3/c1-37-18-6-7-19-17(12-18)13-20-23(14-35)34(16-27(29,30)31)15-26(24(19)20)8-10-33(11-9-26)25(36)32-22-5-3-2-4-21(22)28/h2-5,17-20,23-24,35H,6-16H2,1H3,(H,32,36)/t17?,18?,19?,20?,23-,24?/m0/s1. The zero-order chi connectivity index (χ0) is 26.4. The van der Waals surface area contributed by atoms with Gasteiger partial charge in [-0.2, -0.15) is 13.2 Å². The number of anilines is 1. The molecule has 2 heterocycles. The molecular formula is C27H37F4N3O3. The zero-order valence-electron chi connectivity index (χ0n) is 21.2. The van der Waals surface area contributed by atoms with Crippen molar-refractivity contribution in [1.82, 2.24) is 9.80 Å². The first-order valence-electron chi connectivity index (χ1n) is 13.4. The van der Waals surface area contributed by atoms with Gasteiger partial charge in [-0.15, -0.1) is 0 Å². The van der Waals surface area contributed by atoms with Gasteiger partial charge in [0.05, 0.1) is 24.9 Å². The normalized spacial score (nSPS) is 33.7. The summed E-state index contributed by atoms with van der Waals surface area (Å²) in [5.74, 6) is 0.477. The average molecular weight is 528 g/mol. The van der Waals surface area contributed by atoms with Gasteiger partial charge < -0.3 is 20.1 Å². The summed E-state index contributed by atoms with van der Waals surface area (Å²) in [7, 11) is 1.72. The maximum atomic E-state index is 14.0. The molecular weight excluding hydrogens is 490 g/mol. The minimum atomic E-state index is -4.35. The minimum Gasteiger partial charge on any atom is -0.395 e. The number of aliphatic hydroxyl groups excluding tert-OH is 1. The molecule has 1 aromatic rings. The largest absolute Gasteiger partial charge is 0.401 e. The van der Waals surface area contributed by atoms with E-state index >= 15 is 0 Å². The third-order valence-corrected chi connectivity index (χ3v) is 9.74. The number of piperidine rings is 2. The molecule has 1 spiro atoms. The number of urea groups is 1. The summed E-state index contributed by atoms with van der Waals surface area (Å²) < 4.78 is 60.5. The molecule has 6 atom stereocenters. The molecule has 2 aliphatic heterocycles. The number of fused-ring (bicyclic) bond motifs is 4. The molecule has 2 N–H and O–H groups in total.